The topological polar surface area (TPSA) is 9.23 Å². The van der Waals surface area contributed by atoms with E-state index in [9.17, 15) is 0 Å². The molecule has 1 aliphatic carbocycles. The smallest absolute Gasteiger partial charge is 0.120 e. The van der Waals surface area contributed by atoms with E-state index in [1.54, 1.807) is 0 Å². The summed E-state index contributed by atoms with van der Waals surface area (Å²) >= 11 is 0. The summed E-state index contributed by atoms with van der Waals surface area (Å²) in [6.07, 6.45) is 11.4. The predicted molar refractivity (Wildman–Crippen MR) is 102 cm³/mol. The fourth-order valence-electron chi connectivity index (χ4n) is 3.36. The van der Waals surface area contributed by atoms with Gasteiger partial charge in [-0.1, -0.05) is 75.1 Å². The molecule has 0 aromatic heterocycles. The minimum Gasteiger partial charge on any atom is -0.489 e. The van der Waals surface area contributed by atoms with Gasteiger partial charge in [0, 0.05) is 0 Å². The van der Waals surface area contributed by atoms with Gasteiger partial charge in [-0.2, -0.15) is 0 Å². The Balaban J connectivity index is 1.56. The maximum Gasteiger partial charge on any atom is 0.120 e. The summed E-state index contributed by atoms with van der Waals surface area (Å²) in [7, 11) is 0. The van der Waals surface area contributed by atoms with Gasteiger partial charge in [-0.15, -0.1) is 0 Å². The highest BCUT2D eigenvalue weighted by Crippen LogP contribution is 2.34. The van der Waals surface area contributed by atoms with Gasteiger partial charge in [-0.05, 0) is 53.7 Å². The van der Waals surface area contributed by atoms with Crippen molar-refractivity contribution < 1.29 is 4.74 Å². The molecule has 1 nitrogen and oxygen atoms in total. The van der Waals surface area contributed by atoms with Crippen molar-refractivity contribution in [3.8, 4) is 5.75 Å². The summed E-state index contributed by atoms with van der Waals surface area (Å²) in [5.74, 6) is 0.983. The fraction of sp³-hybridized carbons (Fsp3) is 0.391. The van der Waals surface area contributed by atoms with Crippen LogP contribution >= 0.6 is 0 Å². The Morgan fingerprint density at radius 2 is 1.75 bits per heavy atom. The number of hydrogen-bond acceptors (Lipinski definition) is 1. The molecule has 2 aromatic carbocycles. The Bertz CT molecular complexity index is 670. The van der Waals surface area contributed by atoms with E-state index in [0.29, 0.717) is 6.61 Å². The van der Waals surface area contributed by atoms with E-state index in [-0.39, 0.29) is 0 Å². The second-order valence-corrected chi connectivity index (χ2v) is 6.69. The van der Waals surface area contributed by atoms with Crippen LogP contribution in [0.3, 0.4) is 0 Å². The quantitative estimate of drug-likeness (QED) is 0.475. The van der Waals surface area contributed by atoms with E-state index in [2.05, 4.69) is 55.5 Å². The number of fused-ring (bicyclic) bond motifs is 1. The molecule has 126 valence electrons. The lowest BCUT2D eigenvalue weighted by molar-refractivity contribution is 0.306. The van der Waals surface area contributed by atoms with E-state index < -0.39 is 0 Å². The number of benzene rings is 2. The van der Waals surface area contributed by atoms with Crippen LogP contribution in [-0.2, 0) is 13.0 Å². The Kier molecular flexibility index (Phi) is 6.12. The number of hydrogen-bond donors (Lipinski definition) is 0. The molecular formula is C23H28O. The average molecular weight is 320 g/mol. The van der Waals surface area contributed by atoms with Crippen molar-refractivity contribution >= 4 is 5.57 Å². The summed E-state index contributed by atoms with van der Waals surface area (Å²) in [6.45, 7) is 2.91. The van der Waals surface area contributed by atoms with Crippen molar-refractivity contribution in [3.05, 3.63) is 71.3 Å². The maximum atomic E-state index is 6.00. The molecule has 3 rings (SSSR count). The molecule has 2 aromatic rings. The van der Waals surface area contributed by atoms with Crippen LogP contribution in [0, 0.1) is 0 Å². The first-order valence-electron chi connectivity index (χ1n) is 9.36. The molecule has 0 radical (unpaired) electrons. The Labute approximate surface area is 146 Å². The molecule has 0 atom stereocenters. The van der Waals surface area contributed by atoms with E-state index in [1.807, 2.05) is 6.07 Å². The highest BCUT2D eigenvalue weighted by molar-refractivity contribution is 5.74. The average Bonchev–Trinajstić information content (AvgIpc) is 3.03. The van der Waals surface area contributed by atoms with Gasteiger partial charge in [0.25, 0.3) is 0 Å². The van der Waals surface area contributed by atoms with Gasteiger partial charge >= 0.3 is 0 Å². The molecule has 0 bridgehead atoms. The van der Waals surface area contributed by atoms with Gasteiger partial charge in [-0.3, -0.25) is 0 Å². The number of rotatable bonds is 9. The summed E-state index contributed by atoms with van der Waals surface area (Å²) in [6, 6.07) is 16.9. The third-order valence-electron chi connectivity index (χ3n) is 4.79. The molecule has 0 fully saturated rings. The second kappa shape index (κ2) is 8.73. The van der Waals surface area contributed by atoms with Gasteiger partial charge < -0.3 is 4.74 Å². The first kappa shape index (κ1) is 16.8. The van der Waals surface area contributed by atoms with Gasteiger partial charge in [0.2, 0.25) is 0 Å². The van der Waals surface area contributed by atoms with E-state index in [1.165, 1.54) is 60.8 Å². The first-order chi connectivity index (χ1) is 11.9. The van der Waals surface area contributed by atoms with E-state index in [4.69, 9.17) is 4.74 Å². The summed E-state index contributed by atoms with van der Waals surface area (Å²) < 4.78 is 6.00. The Morgan fingerprint density at radius 3 is 2.58 bits per heavy atom. The second-order valence-electron chi connectivity index (χ2n) is 6.69. The third kappa shape index (κ3) is 4.50. The first-order valence-corrected chi connectivity index (χ1v) is 9.36. The van der Waals surface area contributed by atoms with Crippen molar-refractivity contribution in [2.24, 2.45) is 0 Å². The minimum atomic E-state index is 0.635. The molecule has 1 aliphatic rings. The van der Waals surface area contributed by atoms with Gasteiger partial charge in [-0.25, -0.2) is 0 Å². The molecule has 0 saturated heterocycles. The summed E-state index contributed by atoms with van der Waals surface area (Å²) in [5, 5.41) is 0. The van der Waals surface area contributed by atoms with Crippen molar-refractivity contribution in [1.29, 1.82) is 0 Å². The number of unbranched alkanes of at least 4 members (excludes halogenated alkanes) is 4. The predicted octanol–water partition coefficient (Wildman–Crippen LogP) is 6.57. The van der Waals surface area contributed by atoms with E-state index >= 15 is 0 Å². The molecule has 0 N–H and O–H groups in total. The van der Waals surface area contributed by atoms with Gasteiger partial charge in [0.15, 0.2) is 0 Å². The maximum absolute atomic E-state index is 6.00. The van der Waals surface area contributed by atoms with Crippen molar-refractivity contribution in [2.75, 3.05) is 0 Å². The molecule has 0 aliphatic heterocycles. The zero-order chi connectivity index (χ0) is 16.6. The normalized spacial score (nSPS) is 12.8. The highest BCUT2D eigenvalue weighted by atomic mass is 16.5. The lowest BCUT2D eigenvalue weighted by atomic mass is 10.00. The Morgan fingerprint density at radius 1 is 0.917 bits per heavy atom. The SMILES string of the molecule is CCCCCCCC1=CCc2ccc(OCc3ccccc3)cc21. The van der Waals surface area contributed by atoms with Crippen LogP contribution in [0.15, 0.2) is 54.6 Å². The zero-order valence-electron chi connectivity index (χ0n) is 14.8. The zero-order valence-corrected chi connectivity index (χ0v) is 14.8. The number of allylic oxidation sites excluding steroid dienone is 2. The largest absolute Gasteiger partial charge is 0.489 e. The molecule has 1 heteroatoms. The third-order valence-corrected chi connectivity index (χ3v) is 4.79. The number of ether oxygens (including phenoxy) is 1. The van der Waals surface area contributed by atoms with Crippen LogP contribution in [0.25, 0.3) is 5.57 Å². The lowest BCUT2D eigenvalue weighted by Gasteiger charge is -2.11. The van der Waals surface area contributed by atoms with Crippen molar-refractivity contribution in [1.82, 2.24) is 0 Å². The molecule has 0 spiro atoms. The van der Waals surface area contributed by atoms with Crippen LogP contribution in [-0.4, -0.2) is 0 Å². The molecule has 0 amide bonds. The molecular weight excluding hydrogens is 292 g/mol. The molecule has 24 heavy (non-hydrogen) atoms. The molecule has 0 unspecified atom stereocenters. The molecule has 0 saturated carbocycles. The summed E-state index contributed by atoms with van der Waals surface area (Å²) in [5.41, 5.74) is 5.60. The Hall–Kier alpha value is -2.02. The monoisotopic (exact) mass is 320 g/mol. The van der Waals surface area contributed by atoms with Crippen molar-refractivity contribution in [2.45, 2.75) is 58.5 Å². The van der Waals surface area contributed by atoms with Crippen LogP contribution in [0.2, 0.25) is 0 Å². The highest BCUT2D eigenvalue weighted by Gasteiger charge is 2.14. The lowest BCUT2D eigenvalue weighted by Crippen LogP contribution is -1.96. The van der Waals surface area contributed by atoms with Crippen LogP contribution in [0.4, 0.5) is 0 Å². The van der Waals surface area contributed by atoms with Gasteiger partial charge in [0.1, 0.15) is 12.4 Å². The van der Waals surface area contributed by atoms with E-state index in [0.717, 1.165) is 12.2 Å². The standard InChI is InChI=1S/C23H28O/c1-2-3-4-5-9-12-20-13-14-21-15-16-22(17-23(20)21)24-18-19-10-7-6-8-11-19/h6-8,10-11,13,15-17H,2-5,9,12,14,18H2,1H3. The minimum absolute atomic E-state index is 0.635. The summed E-state index contributed by atoms with van der Waals surface area (Å²) in [4.78, 5) is 0. The van der Waals surface area contributed by atoms with Crippen LogP contribution in [0.1, 0.15) is 62.1 Å². The van der Waals surface area contributed by atoms with Crippen LogP contribution < -0.4 is 4.74 Å². The fourth-order valence-corrected chi connectivity index (χ4v) is 3.36. The van der Waals surface area contributed by atoms with Crippen molar-refractivity contribution in [3.63, 3.8) is 0 Å². The van der Waals surface area contributed by atoms with Crippen LogP contribution in [0.5, 0.6) is 5.75 Å². The van der Waals surface area contributed by atoms with Gasteiger partial charge in [0.05, 0.1) is 0 Å². The molecule has 0 heterocycles.